The van der Waals surface area contributed by atoms with Crippen molar-refractivity contribution < 1.29 is 12.8 Å². The van der Waals surface area contributed by atoms with E-state index in [4.69, 9.17) is 11.6 Å². The van der Waals surface area contributed by atoms with E-state index in [9.17, 15) is 12.8 Å². The Kier molecular flexibility index (Phi) is 6.63. The number of anilines is 4. The van der Waals surface area contributed by atoms with Crippen LogP contribution in [0.5, 0.6) is 0 Å². The molecule has 1 fully saturated rings. The predicted octanol–water partition coefficient (Wildman–Crippen LogP) is 3.73. The summed E-state index contributed by atoms with van der Waals surface area (Å²) >= 11 is 6.37. The minimum atomic E-state index is -3.57. The number of halogens is 2. The van der Waals surface area contributed by atoms with Crippen molar-refractivity contribution in [2.45, 2.75) is 13.3 Å². The zero-order chi connectivity index (χ0) is 22.7. The summed E-state index contributed by atoms with van der Waals surface area (Å²) in [7, 11) is -3.57. The quantitative estimate of drug-likeness (QED) is 0.476. The summed E-state index contributed by atoms with van der Waals surface area (Å²) in [6, 6.07) is 7.92. The van der Waals surface area contributed by atoms with E-state index in [0.29, 0.717) is 12.1 Å². The number of nitrogens with one attached hydrogen (secondary N) is 3. The van der Waals surface area contributed by atoms with Crippen LogP contribution in [0.15, 0.2) is 36.7 Å². The van der Waals surface area contributed by atoms with Gasteiger partial charge in [-0.3, -0.25) is 4.72 Å². The van der Waals surface area contributed by atoms with Gasteiger partial charge in [0.05, 0.1) is 27.7 Å². The van der Waals surface area contributed by atoms with Crippen LogP contribution in [0.1, 0.15) is 13.3 Å². The fraction of sp³-hybridized carbons (Fsp3) is 0.333. The highest BCUT2D eigenvalue weighted by Gasteiger charge is 2.18. The summed E-state index contributed by atoms with van der Waals surface area (Å²) in [5.41, 5.74) is 1.46. The van der Waals surface area contributed by atoms with Gasteiger partial charge in [-0.25, -0.2) is 22.8 Å². The number of aromatic nitrogens is 2. The lowest BCUT2D eigenvalue weighted by Crippen LogP contribution is -2.44. The van der Waals surface area contributed by atoms with Crippen molar-refractivity contribution in [1.29, 1.82) is 0 Å². The van der Waals surface area contributed by atoms with Crippen LogP contribution in [0, 0.1) is 5.82 Å². The van der Waals surface area contributed by atoms with E-state index in [1.165, 1.54) is 18.5 Å². The van der Waals surface area contributed by atoms with Crippen LogP contribution in [-0.4, -0.2) is 50.3 Å². The van der Waals surface area contributed by atoms with Crippen molar-refractivity contribution in [3.63, 3.8) is 0 Å². The lowest BCUT2D eigenvalue weighted by molar-refractivity contribution is 0.586. The van der Waals surface area contributed by atoms with Crippen LogP contribution in [0.25, 0.3) is 10.9 Å². The molecule has 0 bridgehead atoms. The van der Waals surface area contributed by atoms with Gasteiger partial charge >= 0.3 is 0 Å². The van der Waals surface area contributed by atoms with Gasteiger partial charge in [-0.15, -0.1) is 0 Å². The molecular weight excluding hydrogens is 455 g/mol. The fourth-order valence-electron chi connectivity index (χ4n) is 3.63. The van der Waals surface area contributed by atoms with Gasteiger partial charge in [-0.05, 0) is 36.8 Å². The molecule has 1 saturated heterocycles. The molecule has 0 spiro atoms. The molecule has 0 unspecified atom stereocenters. The Morgan fingerprint density at radius 2 is 1.97 bits per heavy atom. The third-order valence-corrected chi connectivity index (χ3v) is 7.00. The maximum Gasteiger partial charge on any atom is 0.232 e. The van der Waals surface area contributed by atoms with Gasteiger partial charge in [0.1, 0.15) is 18.0 Å². The molecule has 0 radical (unpaired) electrons. The van der Waals surface area contributed by atoms with Crippen molar-refractivity contribution in [2.24, 2.45) is 0 Å². The normalized spacial score (nSPS) is 14.5. The van der Waals surface area contributed by atoms with Crippen molar-refractivity contribution >= 4 is 55.4 Å². The molecule has 170 valence electrons. The van der Waals surface area contributed by atoms with Gasteiger partial charge in [0.2, 0.25) is 10.0 Å². The summed E-state index contributed by atoms with van der Waals surface area (Å²) in [5, 5.41) is 7.09. The first-order valence-corrected chi connectivity index (χ1v) is 12.4. The van der Waals surface area contributed by atoms with Crippen molar-refractivity contribution in [1.82, 2.24) is 15.3 Å². The predicted molar refractivity (Wildman–Crippen MR) is 127 cm³/mol. The van der Waals surface area contributed by atoms with E-state index in [2.05, 4.69) is 30.2 Å². The highest BCUT2D eigenvalue weighted by Crippen LogP contribution is 2.36. The Labute approximate surface area is 191 Å². The van der Waals surface area contributed by atoms with Crippen LogP contribution >= 0.6 is 11.6 Å². The van der Waals surface area contributed by atoms with E-state index in [1.807, 2.05) is 12.1 Å². The number of benzene rings is 2. The largest absolute Gasteiger partial charge is 0.353 e. The van der Waals surface area contributed by atoms with Gasteiger partial charge in [0.25, 0.3) is 0 Å². The number of hydrogen-bond donors (Lipinski definition) is 3. The number of fused-ring (bicyclic) bond motifs is 1. The molecule has 4 rings (SSSR count). The zero-order valence-electron chi connectivity index (χ0n) is 17.5. The Balaban J connectivity index is 1.68. The second-order valence-electron chi connectivity index (χ2n) is 7.50. The Morgan fingerprint density at radius 1 is 1.19 bits per heavy atom. The molecule has 32 heavy (non-hydrogen) atoms. The second-order valence-corrected chi connectivity index (χ2v) is 9.72. The first-order chi connectivity index (χ1) is 15.4. The Bertz CT molecular complexity index is 1230. The maximum absolute atomic E-state index is 14.6. The smallest absolute Gasteiger partial charge is 0.232 e. The average Bonchev–Trinajstić information content (AvgIpc) is 2.78. The van der Waals surface area contributed by atoms with Crippen LogP contribution in [0.4, 0.5) is 27.3 Å². The third kappa shape index (κ3) is 4.87. The number of hydrogen-bond acceptors (Lipinski definition) is 7. The Morgan fingerprint density at radius 3 is 2.72 bits per heavy atom. The first kappa shape index (κ1) is 22.5. The minimum absolute atomic E-state index is 0.0108. The number of nitrogens with zero attached hydrogens (tertiary/aromatic N) is 3. The van der Waals surface area contributed by atoms with E-state index < -0.39 is 15.8 Å². The molecule has 0 saturated carbocycles. The molecule has 0 amide bonds. The minimum Gasteiger partial charge on any atom is -0.353 e. The van der Waals surface area contributed by atoms with Crippen molar-refractivity contribution in [3.8, 4) is 0 Å². The van der Waals surface area contributed by atoms with Gasteiger partial charge in [-0.2, -0.15) is 0 Å². The van der Waals surface area contributed by atoms with Crippen LogP contribution in [0.3, 0.4) is 0 Å². The summed E-state index contributed by atoms with van der Waals surface area (Å²) < 4.78 is 41.3. The molecule has 3 N–H and O–H groups in total. The van der Waals surface area contributed by atoms with Crippen LogP contribution in [0.2, 0.25) is 5.02 Å². The molecule has 2 aromatic carbocycles. The van der Waals surface area contributed by atoms with Gasteiger partial charge in [0.15, 0.2) is 0 Å². The molecule has 8 nitrogen and oxygen atoms in total. The fourth-order valence-corrected chi connectivity index (χ4v) is 5.08. The molecule has 2 heterocycles. The van der Waals surface area contributed by atoms with Gasteiger partial charge < -0.3 is 15.5 Å². The number of rotatable bonds is 7. The van der Waals surface area contributed by atoms with Gasteiger partial charge in [-0.1, -0.05) is 18.5 Å². The molecule has 1 aliphatic heterocycles. The lowest BCUT2D eigenvalue weighted by atomic mass is 10.1. The lowest BCUT2D eigenvalue weighted by Gasteiger charge is -2.29. The molecule has 1 aliphatic rings. The third-order valence-electron chi connectivity index (χ3n) is 5.13. The molecule has 0 atom stereocenters. The molecule has 11 heteroatoms. The summed E-state index contributed by atoms with van der Waals surface area (Å²) in [6.45, 7) is 5.14. The van der Waals surface area contributed by atoms with Crippen molar-refractivity contribution in [3.05, 3.63) is 47.5 Å². The summed E-state index contributed by atoms with van der Waals surface area (Å²) in [4.78, 5) is 11.0. The van der Waals surface area contributed by atoms with Crippen LogP contribution in [-0.2, 0) is 10.0 Å². The average molecular weight is 479 g/mol. The molecule has 3 aromatic rings. The van der Waals surface area contributed by atoms with E-state index in [1.54, 1.807) is 13.0 Å². The molecule has 1 aromatic heterocycles. The summed E-state index contributed by atoms with van der Waals surface area (Å²) in [5.74, 6) is 0.163. The molecule has 0 aliphatic carbocycles. The maximum atomic E-state index is 14.6. The highest BCUT2D eigenvalue weighted by atomic mass is 35.5. The number of sulfonamides is 1. The monoisotopic (exact) mass is 478 g/mol. The standard InChI is InChI=1S/C21H24ClFN6O2S/c1-2-11-32(30,31)28-18-6-4-16(23)20(19(18)22)27-14-3-5-17-15(12-14)21(26-13-25-17)29-9-7-24-8-10-29/h3-6,12-13,24,27-28H,2,7-11H2,1H3. The SMILES string of the molecule is CCCS(=O)(=O)Nc1ccc(F)c(Nc2ccc3ncnc(N4CCNCC4)c3c2)c1Cl. The van der Waals surface area contributed by atoms with Gasteiger partial charge in [0, 0.05) is 37.3 Å². The highest BCUT2D eigenvalue weighted by molar-refractivity contribution is 7.92. The van der Waals surface area contributed by atoms with Crippen LogP contribution < -0.4 is 20.3 Å². The van der Waals surface area contributed by atoms with Crippen molar-refractivity contribution in [2.75, 3.05) is 46.9 Å². The second kappa shape index (κ2) is 9.43. The number of piperazine rings is 1. The van der Waals surface area contributed by atoms with E-state index in [-0.39, 0.29) is 22.2 Å². The van der Waals surface area contributed by atoms with E-state index in [0.717, 1.165) is 42.9 Å². The first-order valence-electron chi connectivity index (χ1n) is 10.3. The van der Waals surface area contributed by atoms with E-state index >= 15 is 0 Å². The summed E-state index contributed by atoms with van der Waals surface area (Å²) in [6.07, 6.45) is 1.99. The zero-order valence-corrected chi connectivity index (χ0v) is 19.1. The molecular formula is C21H24ClFN6O2S. The Hall–Kier alpha value is -2.69. The topological polar surface area (TPSA) is 99.2 Å².